The maximum absolute atomic E-state index is 13.6. The summed E-state index contributed by atoms with van der Waals surface area (Å²) in [5.74, 6) is 0.345. The molecule has 3 amide bonds. The lowest BCUT2D eigenvalue weighted by Gasteiger charge is -2.44. The van der Waals surface area contributed by atoms with Gasteiger partial charge in [0.25, 0.3) is 11.8 Å². The number of nitrogens with one attached hydrogen (secondary N) is 2. The molecule has 9 heteroatoms. The van der Waals surface area contributed by atoms with Crippen molar-refractivity contribution in [3.05, 3.63) is 77.3 Å². The van der Waals surface area contributed by atoms with Crippen LogP contribution in [-0.4, -0.2) is 43.8 Å². The van der Waals surface area contributed by atoms with Gasteiger partial charge in [0.1, 0.15) is 22.8 Å². The molecular weight excluding hydrogens is 434 g/mol. The summed E-state index contributed by atoms with van der Waals surface area (Å²) >= 11 is 0. The Morgan fingerprint density at radius 1 is 1.12 bits per heavy atom. The molecule has 0 saturated heterocycles. The summed E-state index contributed by atoms with van der Waals surface area (Å²) in [4.78, 5) is 45.8. The number of benzene rings is 1. The molecule has 2 aliphatic rings. The van der Waals surface area contributed by atoms with Crippen molar-refractivity contribution >= 4 is 17.7 Å². The molecule has 0 bridgehead atoms. The molecule has 0 radical (unpaired) electrons. The first kappa shape index (κ1) is 21.9. The van der Waals surface area contributed by atoms with E-state index in [-0.39, 0.29) is 42.3 Å². The fourth-order valence-electron chi connectivity index (χ4n) is 4.52. The van der Waals surface area contributed by atoms with E-state index in [2.05, 4.69) is 15.6 Å². The van der Waals surface area contributed by atoms with Crippen LogP contribution < -0.4 is 10.6 Å². The second kappa shape index (κ2) is 8.48. The molecule has 3 aromatic rings. The zero-order valence-electron chi connectivity index (χ0n) is 19.2. The minimum atomic E-state index is -1.08. The number of hydrogen-bond donors (Lipinski definition) is 2. The molecule has 176 valence electrons. The van der Waals surface area contributed by atoms with Gasteiger partial charge in [0.15, 0.2) is 5.69 Å². The maximum Gasteiger partial charge on any atom is 0.274 e. The van der Waals surface area contributed by atoms with Crippen LogP contribution in [0.1, 0.15) is 57.8 Å². The summed E-state index contributed by atoms with van der Waals surface area (Å²) in [5, 5.41) is 5.76. The smallest absolute Gasteiger partial charge is 0.274 e. The highest BCUT2D eigenvalue weighted by Crippen LogP contribution is 2.38. The lowest BCUT2D eigenvalue weighted by Crippen LogP contribution is -2.64. The van der Waals surface area contributed by atoms with Gasteiger partial charge in [0.2, 0.25) is 5.91 Å². The molecule has 2 N–H and O–H groups in total. The molecule has 0 unspecified atom stereocenters. The topological polar surface area (TPSA) is 109 Å². The lowest BCUT2D eigenvalue weighted by atomic mass is 9.93. The Hall–Kier alpha value is -3.88. The van der Waals surface area contributed by atoms with Crippen molar-refractivity contribution in [3.8, 4) is 0 Å². The van der Waals surface area contributed by atoms with Gasteiger partial charge in [-0.15, -0.1) is 0 Å². The standard InChI is InChI=1S/C25H27N5O4/c1-16-8-11-19(34-16)13-26-22(31)20-21-23(32)30(18-9-10-18)25(2,14-29(21)15-28-20)24(33)27-12-17-6-4-3-5-7-17/h3-8,11,15,18H,9-10,12-14H2,1-2H3,(H,26,31)(H,27,33)/t25-/m0/s1. The van der Waals surface area contributed by atoms with Crippen LogP contribution in [0.4, 0.5) is 0 Å². The number of fused-ring (bicyclic) bond motifs is 1. The quantitative estimate of drug-likeness (QED) is 0.562. The van der Waals surface area contributed by atoms with Gasteiger partial charge in [-0.25, -0.2) is 4.98 Å². The van der Waals surface area contributed by atoms with E-state index < -0.39 is 11.4 Å². The fraction of sp³-hybridized carbons (Fsp3) is 0.360. The molecule has 2 aromatic heterocycles. The highest BCUT2D eigenvalue weighted by molar-refractivity contribution is 6.07. The normalized spacial score (nSPS) is 19.6. The molecule has 1 fully saturated rings. The number of imidazole rings is 1. The number of carbonyl (C=O) groups excluding carboxylic acids is 3. The number of nitrogens with zero attached hydrogens (tertiary/aromatic N) is 3. The predicted molar refractivity (Wildman–Crippen MR) is 123 cm³/mol. The Morgan fingerprint density at radius 2 is 1.88 bits per heavy atom. The number of hydrogen-bond acceptors (Lipinski definition) is 5. The summed E-state index contributed by atoms with van der Waals surface area (Å²) in [5.41, 5.74) is 0.174. The van der Waals surface area contributed by atoms with E-state index in [1.54, 1.807) is 22.5 Å². The number of rotatable bonds is 7. The minimum absolute atomic E-state index is 0.0226. The van der Waals surface area contributed by atoms with Gasteiger partial charge in [0, 0.05) is 12.6 Å². The second-order valence-corrected chi connectivity index (χ2v) is 9.11. The monoisotopic (exact) mass is 461 g/mol. The molecule has 1 aliphatic heterocycles. The van der Waals surface area contributed by atoms with Gasteiger partial charge < -0.3 is 24.5 Å². The molecule has 9 nitrogen and oxygen atoms in total. The van der Waals surface area contributed by atoms with Gasteiger partial charge in [-0.1, -0.05) is 30.3 Å². The first-order valence-electron chi connectivity index (χ1n) is 11.4. The van der Waals surface area contributed by atoms with Crippen LogP contribution in [0.25, 0.3) is 0 Å². The first-order chi connectivity index (χ1) is 16.4. The molecular formula is C25H27N5O4. The van der Waals surface area contributed by atoms with Crippen LogP contribution in [0.2, 0.25) is 0 Å². The van der Waals surface area contributed by atoms with Crippen LogP contribution in [0.15, 0.2) is 53.2 Å². The van der Waals surface area contributed by atoms with Gasteiger partial charge >= 0.3 is 0 Å². The summed E-state index contributed by atoms with van der Waals surface area (Å²) in [6.07, 6.45) is 3.13. The average molecular weight is 462 g/mol. The van der Waals surface area contributed by atoms with Gasteiger partial charge in [-0.05, 0) is 44.4 Å². The van der Waals surface area contributed by atoms with E-state index in [0.717, 1.165) is 24.2 Å². The van der Waals surface area contributed by atoms with Gasteiger partial charge in [0.05, 0.1) is 19.4 Å². The molecule has 1 aliphatic carbocycles. The van der Waals surface area contributed by atoms with Crippen LogP contribution in [0.5, 0.6) is 0 Å². The molecule has 1 atom stereocenters. The molecule has 1 aromatic carbocycles. The Kier molecular flexibility index (Phi) is 5.47. The number of aryl methyl sites for hydroxylation is 1. The molecule has 34 heavy (non-hydrogen) atoms. The zero-order valence-corrected chi connectivity index (χ0v) is 19.2. The fourth-order valence-corrected chi connectivity index (χ4v) is 4.52. The van der Waals surface area contributed by atoms with Crippen LogP contribution in [0.3, 0.4) is 0 Å². The van der Waals surface area contributed by atoms with Crippen molar-refractivity contribution in [1.29, 1.82) is 0 Å². The van der Waals surface area contributed by atoms with Crippen molar-refractivity contribution in [2.45, 2.75) is 57.9 Å². The van der Waals surface area contributed by atoms with Crippen LogP contribution >= 0.6 is 0 Å². The molecule has 5 rings (SSSR count). The minimum Gasteiger partial charge on any atom is -0.465 e. The van der Waals surface area contributed by atoms with E-state index in [4.69, 9.17) is 4.42 Å². The number of amides is 3. The van der Waals surface area contributed by atoms with Crippen molar-refractivity contribution in [2.24, 2.45) is 0 Å². The van der Waals surface area contributed by atoms with E-state index in [1.807, 2.05) is 43.3 Å². The van der Waals surface area contributed by atoms with Crippen molar-refractivity contribution < 1.29 is 18.8 Å². The second-order valence-electron chi connectivity index (χ2n) is 9.11. The highest BCUT2D eigenvalue weighted by atomic mass is 16.3. The molecule has 0 spiro atoms. The largest absolute Gasteiger partial charge is 0.465 e. The third-order valence-electron chi connectivity index (χ3n) is 6.40. The number of carbonyl (C=O) groups is 3. The lowest BCUT2D eigenvalue weighted by molar-refractivity contribution is -0.133. The molecule has 1 saturated carbocycles. The molecule has 3 heterocycles. The van der Waals surface area contributed by atoms with Crippen molar-refractivity contribution in [2.75, 3.05) is 0 Å². The van der Waals surface area contributed by atoms with E-state index in [9.17, 15) is 14.4 Å². The summed E-state index contributed by atoms with van der Waals surface area (Å²) in [6, 6.07) is 13.2. The predicted octanol–water partition coefficient (Wildman–Crippen LogP) is 2.41. The Bertz CT molecular complexity index is 1240. The third-order valence-corrected chi connectivity index (χ3v) is 6.40. The van der Waals surface area contributed by atoms with E-state index in [1.165, 1.54) is 6.33 Å². The Balaban J connectivity index is 1.37. The first-order valence-corrected chi connectivity index (χ1v) is 11.4. The summed E-state index contributed by atoms with van der Waals surface area (Å²) in [7, 11) is 0. The number of furan rings is 1. The summed E-state index contributed by atoms with van der Waals surface area (Å²) in [6.45, 7) is 4.40. The Labute approximate surface area is 197 Å². The van der Waals surface area contributed by atoms with Crippen molar-refractivity contribution in [3.63, 3.8) is 0 Å². The van der Waals surface area contributed by atoms with Gasteiger partial charge in [-0.3, -0.25) is 14.4 Å². The summed E-state index contributed by atoms with van der Waals surface area (Å²) < 4.78 is 7.11. The van der Waals surface area contributed by atoms with Crippen LogP contribution in [-0.2, 0) is 24.4 Å². The average Bonchev–Trinajstić information content (AvgIpc) is 3.42. The van der Waals surface area contributed by atoms with E-state index in [0.29, 0.717) is 12.3 Å². The maximum atomic E-state index is 13.6. The third kappa shape index (κ3) is 3.98. The highest BCUT2D eigenvalue weighted by Gasteiger charge is 2.53. The zero-order chi connectivity index (χ0) is 23.9. The van der Waals surface area contributed by atoms with Gasteiger partial charge in [-0.2, -0.15) is 0 Å². The van der Waals surface area contributed by atoms with E-state index >= 15 is 0 Å². The van der Waals surface area contributed by atoms with Crippen LogP contribution in [0, 0.1) is 6.92 Å². The Morgan fingerprint density at radius 3 is 2.56 bits per heavy atom. The number of aromatic nitrogens is 2. The van der Waals surface area contributed by atoms with Crippen molar-refractivity contribution in [1.82, 2.24) is 25.1 Å². The SMILES string of the molecule is Cc1ccc(CNC(=O)c2ncn3c2C(=O)N(C2CC2)[C@](C)(C(=O)NCc2ccccc2)C3)o1.